The van der Waals surface area contributed by atoms with Crippen LogP contribution in [0, 0.1) is 0 Å². The highest BCUT2D eigenvalue weighted by molar-refractivity contribution is 9.10. The molecule has 9 heteroatoms. The molecule has 4 heterocycles. The standard InChI is InChI=1S/C18H17BrN6O2/c1-23(2)17(26)11-5-10-12(25(4)18(11)27)7-20-16-13(10)14(19)15(22-16)9-6-21-24(3)8-9/h5-8H,1-4H3,(H,20,22). The van der Waals surface area contributed by atoms with Gasteiger partial charge in [-0.2, -0.15) is 5.10 Å². The van der Waals surface area contributed by atoms with Gasteiger partial charge in [-0.3, -0.25) is 14.3 Å². The molecule has 0 aliphatic rings. The number of amides is 1. The number of H-pyrrole nitrogens is 1. The van der Waals surface area contributed by atoms with Crippen LogP contribution in [0.4, 0.5) is 0 Å². The van der Waals surface area contributed by atoms with Gasteiger partial charge in [0.1, 0.15) is 11.2 Å². The van der Waals surface area contributed by atoms with E-state index >= 15 is 0 Å². The number of nitrogens with one attached hydrogen (secondary N) is 1. The predicted octanol–water partition coefficient (Wildman–Crippen LogP) is 2.28. The summed E-state index contributed by atoms with van der Waals surface area (Å²) in [5.74, 6) is -0.332. The van der Waals surface area contributed by atoms with Gasteiger partial charge in [-0.25, -0.2) is 4.98 Å². The fourth-order valence-electron chi connectivity index (χ4n) is 3.18. The van der Waals surface area contributed by atoms with E-state index in [9.17, 15) is 9.59 Å². The zero-order chi connectivity index (χ0) is 19.5. The third-order valence-electron chi connectivity index (χ3n) is 4.60. The van der Waals surface area contributed by atoms with E-state index in [0.29, 0.717) is 11.2 Å². The number of aromatic amines is 1. The van der Waals surface area contributed by atoms with Crippen molar-refractivity contribution in [1.82, 2.24) is 29.2 Å². The van der Waals surface area contributed by atoms with Crippen molar-refractivity contribution in [2.45, 2.75) is 0 Å². The molecule has 0 saturated carbocycles. The number of halogens is 1. The fraction of sp³-hybridized carbons (Fsp3) is 0.222. The molecule has 0 saturated heterocycles. The van der Waals surface area contributed by atoms with Crippen LogP contribution in [0.3, 0.4) is 0 Å². The zero-order valence-corrected chi connectivity index (χ0v) is 16.8. The Hall–Kier alpha value is -2.94. The summed E-state index contributed by atoms with van der Waals surface area (Å²) in [6.07, 6.45) is 5.29. The van der Waals surface area contributed by atoms with E-state index in [-0.39, 0.29) is 17.0 Å². The van der Waals surface area contributed by atoms with Crippen LogP contribution in [0.5, 0.6) is 0 Å². The van der Waals surface area contributed by atoms with Gasteiger partial charge in [-0.15, -0.1) is 0 Å². The third kappa shape index (κ3) is 2.57. The quantitative estimate of drug-likeness (QED) is 0.530. The SMILES string of the molecule is CN(C)C(=O)c1cc2c3c(Br)c(-c4cnn(C)c4)[nH]c3ncc2n(C)c1=O. The van der Waals surface area contributed by atoms with Gasteiger partial charge in [0.2, 0.25) is 0 Å². The Morgan fingerprint density at radius 2 is 2.00 bits per heavy atom. The minimum absolute atomic E-state index is 0.124. The van der Waals surface area contributed by atoms with Gasteiger partial charge >= 0.3 is 0 Å². The van der Waals surface area contributed by atoms with Crippen LogP contribution in [-0.2, 0) is 14.1 Å². The van der Waals surface area contributed by atoms with Crippen molar-refractivity contribution in [2.75, 3.05) is 14.1 Å². The second-order valence-electron chi connectivity index (χ2n) is 6.62. The molecule has 4 aromatic rings. The molecular weight excluding hydrogens is 412 g/mol. The summed E-state index contributed by atoms with van der Waals surface area (Å²) in [6.45, 7) is 0. The molecule has 1 N–H and O–H groups in total. The maximum absolute atomic E-state index is 12.6. The van der Waals surface area contributed by atoms with E-state index in [0.717, 1.165) is 26.5 Å². The lowest BCUT2D eigenvalue weighted by atomic mass is 10.1. The highest BCUT2D eigenvalue weighted by atomic mass is 79.9. The summed E-state index contributed by atoms with van der Waals surface area (Å²) in [5, 5.41) is 5.79. The van der Waals surface area contributed by atoms with E-state index < -0.39 is 0 Å². The normalized spacial score (nSPS) is 11.4. The number of hydrogen-bond acceptors (Lipinski definition) is 4. The molecule has 0 aliphatic carbocycles. The summed E-state index contributed by atoms with van der Waals surface area (Å²) in [7, 11) is 6.75. The molecule has 0 radical (unpaired) electrons. The summed E-state index contributed by atoms with van der Waals surface area (Å²) in [5.41, 5.74) is 2.84. The Kier molecular flexibility index (Phi) is 3.92. The van der Waals surface area contributed by atoms with E-state index in [1.165, 1.54) is 9.47 Å². The topological polar surface area (TPSA) is 88.8 Å². The Morgan fingerprint density at radius 1 is 1.26 bits per heavy atom. The molecule has 0 bridgehead atoms. The van der Waals surface area contributed by atoms with Crippen molar-refractivity contribution in [1.29, 1.82) is 0 Å². The average molecular weight is 429 g/mol. The van der Waals surface area contributed by atoms with Gasteiger partial charge in [0, 0.05) is 50.7 Å². The lowest BCUT2D eigenvalue weighted by Gasteiger charge is -2.13. The smallest absolute Gasteiger partial charge is 0.263 e. The van der Waals surface area contributed by atoms with E-state index in [1.54, 1.807) is 44.3 Å². The van der Waals surface area contributed by atoms with Crippen LogP contribution < -0.4 is 5.56 Å². The molecule has 0 aliphatic heterocycles. The minimum Gasteiger partial charge on any atom is -0.345 e. The number of hydrogen-bond donors (Lipinski definition) is 1. The maximum Gasteiger partial charge on any atom is 0.263 e. The average Bonchev–Trinajstić information content (AvgIpc) is 3.20. The number of aromatic nitrogens is 5. The van der Waals surface area contributed by atoms with Crippen molar-refractivity contribution in [3.63, 3.8) is 0 Å². The van der Waals surface area contributed by atoms with Crippen LogP contribution in [0.2, 0.25) is 0 Å². The maximum atomic E-state index is 12.6. The zero-order valence-electron chi connectivity index (χ0n) is 15.2. The second kappa shape index (κ2) is 6.05. The molecule has 138 valence electrons. The van der Waals surface area contributed by atoms with E-state index in [4.69, 9.17) is 0 Å². The van der Waals surface area contributed by atoms with Crippen molar-refractivity contribution in [2.24, 2.45) is 14.1 Å². The molecule has 0 unspecified atom stereocenters. The Bertz CT molecular complexity index is 1280. The van der Waals surface area contributed by atoms with Gasteiger partial charge in [-0.1, -0.05) is 0 Å². The van der Waals surface area contributed by atoms with Crippen LogP contribution in [0.1, 0.15) is 10.4 Å². The molecule has 4 rings (SSSR count). The first-order valence-electron chi connectivity index (χ1n) is 8.20. The van der Waals surface area contributed by atoms with Crippen molar-refractivity contribution >= 4 is 43.8 Å². The molecule has 4 aromatic heterocycles. The van der Waals surface area contributed by atoms with Crippen LogP contribution >= 0.6 is 15.9 Å². The Labute approximate surface area is 162 Å². The van der Waals surface area contributed by atoms with Crippen molar-refractivity contribution < 1.29 is 4.79 Å². The van der Waals surface area contributed by atoms with Crippen LogP contribution in [-0.4, -0.2) is 49.2 Å². The van der Waals surface area contributed by atoms with E-state index in [2.05, 4.69) is 31.0 Å². The first kappa shape index (κ1) is 17.5. The highest BCUT2D eigenvalue weighted by Crippen LogP contribution is 2.37. The first-order chi connectivity index (χ1) is 12.8. The van der Waals surface area contributed by atoms with Crippen molar-refractivity contribution in [3.8, 4) is 11.3 Å². The molecular formula is C18H17BrN6O2. The molecule has 8 nitrogen and oxygen atoms in total. The number of rotatable bonds is 2. The number of fused-ring (bicyclic) bond motifs is 3. The fourth-order valence-corrected chi connectivity index (χ4v) is 3.91. The molecule has 1 amide bonds. The largest absolute Gasteiger partial charge is 0.345 e. The Morgan fingerprint density at radius 3 is 2.63 bits per heavy atom. The monoisotopic (exact) mass is 428 g/mol. The minimum atomic E-state index is -0.346. The van der Waals surface area contributed by atoms with Gasteiger partial charge in [0.15, 0.2) is 0 Å². The van der Waals surface area contributed by atoms with E-state index in [1.807, 2.05) is 13.2 Å². The van der Waals surface area contributed by atoms with Gasteiger partial charge < -0.3 is 14.5 Å². The summed E-state index contributed by atoms with van der Waals surface area (Å²) in [4.78, 5) is 34.3. The molecule has 0 atom stereocenters. The van der Waals surface area contributed by atoms with Crippen molar-refractivity contribution in [3.05, 3.63) is 45.0 Å². The predicted molar refractivity (Wildman–Crippen MR) is 107 cm³/mol. The number of carbonyl (C=O) groups excluding carboxylic acids is 1. The second-order valence-corrected chi connectivity index (χ2v) is 7.41. The number of nitrogens with zero attached hydrogens (tertiary/aromatic N) is 5. The molecule has 0 spiro atoms. The van der Waals surface area contributed by atoms with Gasteiger partial charge in [-0.05, 0) is 22.0 Å². The summed E-state index contributed by atoms with van der Waals surface area (Å²) >= 11 is 3.66. The summed E-state index contributed by atoms with van der Waals surface area (Å²) < 4.78 is 3.99. The molecule has 0 aromatic carbocycles. The van der Waals surface area contributed by atoms with Gasteiger partial charge in [0.05, 0.1) is 28.1 Å². The number of pyridine rings is 2. The number of carbonyl (C=O) groups is 1. The van der Waals surface area contributed by atoms with Crippen LogP contribution in [0.25, 0.3) is 33.2 Å². The molecule has 0 fully saturated rings. The lowest BCUT2D eigenvalue weighted by molar-refractivity contribution is 0.0825. The van der Waals surface area contributed by atoms with Gasteiger partial charge in [0.25, 0.3) is 11.5 Å². The lowest BCUT2D eigenvalue weighted by Crippen LogP contribution is -2.31. The third-order valence-corrected chi connectivity index (χ3v) is 5.39. The van der Waals surface area contributed by atoms with Crippen LogP contribution in [0.15, 0.2) is 33.9 Å². The Balaban J connectivity index is 2.10. The summed E-state index contributed by atoms with van der Waals surface area (Å²) in [6, 6.07) is 1.65. The first-order valence-corrected chi connectivity index (χ1v) is 8.99. The molecule has 27 heavy (non-hydrogen) atoms. The highest BCUT2D eigenvalue weighted by Gasteiger charge is 2.21. The number of aryl methyl sites for hydroxylation is 2.